The lowest BCUT2D eigenvalue weighted by Crippen LogP contribution is -2.26. The molecule has 0 fully saturated rings. The second-order valence-corrected chi connectivity index (χ2v) is 2.84. The minimum atomic E-state index is -0.0513. The van der Waals surface area contributed by atoms with Crippen molar-refractivity contribution >= 4 is 5.91 Å². The summed E-state index contributed by atoms with van der Waals surface area (Å²) in [6.45, 7) is 3.94. The molecule has 0 aliphatic rings. The number of nitrogens with zero attached hydrogens (tertiary/aromatic N) is 2. The Morgan fingerprint density at radius 1 is 1.79 bits per heavy atom. The van der Waals surface area contributed by atoms with E-state index in [0.29, 0.717) is 12.1 Å². The summed E-state index contributed by atoms with van der Waals surface area (Å²) in [5, 5.41) is 0. The fourth-order valence-electron chi connectivity index (χ4n) is 0.994. The highest BCUT2D eigenvalue weighted by Crippen LogP contribution is 2.00. The fourth-order valence-corrected chi connectivity index (χ4v) is 0.994. The molecule has 0 N–H and O–H groups in total. The summed E-state index contributed by atoms with van der Waals surface area (Å²) in [5.74, 6) is -0.0513. The lowest BCUT2D eigenvalue weighted by Gasteiger charge is -2.13. The van der Waals surface area contributed by atoms with Crippen LogP contribution in [-0.2, 0) is 0 Å². The average molecular weight is 188 g/mol. The van der Waals surface area contributed by atoms with Gasteiger partial charge in [-0.3, -0.25) is 9.78 Å². The molecule has 0 saturated carbocycles. The van der Waals surface area contributed by atoms with Crippen LogP contribution in [0.3, 0.4) is 0 Å². The molecule has 72 valence electrons. The predicted octanol–water partition coefficient (Wildman–Crippen LogP) is 1.49. The van der Waals surface area contributed by atoms with Gasteiger partial charge < -0.3 is 4.90 Å². The quantitative estimate of drug-likeness (QED) is 0.673. The maximum atomic E-state index is 11.7. The summed E-state index contributed by atoms with van der Waals surface area (Å²) in [6.07, 6.45) is 4.89. The molecule has 0 saturated heterocycles. The Morgan fingerprint density at radius 2 is 2.57 bits per heavy atom. The highest BCUT2D eigenvalue weighted by atomic mass is 16.2. The molecule has 0 aliphatic heterocycles. The van der Waals surface area contributed by atoms with Gasteiger partial charge >= 0.3 is 0 Å². The third-order valence-electron chi connectivity index (χ3n) is 1.76. The highest BCUT2D eigenvalue weighted by Gasteiger charge is 2.09. The molecular weight excluding hydrogens is 176 g/mol. The van der Waals surface area contributed by atoms with E-state index < -0.39 is 0 Å². The standard InChI is InChI=1S/C11H12N2O/c1-3-4-8-13(2)11(14)10-6-5-7-12-9-10/h4-7,9H,1,8H2,2H3. The molecule has 0 atom stereocenters. The van der Waals surface area contributed by atoms with Gasteiger partial charge in [0.2, 0.25) is 0 Å². The van der Waals surface area contributed by atoms with Crippen LogP contribution in [0.15, 0.2) is 42.9 Å². The lowest BCUT2D eigenvalue weighted by atomic mass is 10.2. The molecule has 1 heterocycles. The first-order chi connectivity index (χ1) is 6.75. The Bertz CT molecular complexity index is 353. The van der Waals surface area contributed by atoms with Gasteiger partial charge in [-0.05, 0) is 18.2 Å². The summed E-state index contributed by atoms with van der Waals surface area (Å²) < 4.78 is 0. The van der Waals surface area contributed by atoms with Gasteiger partial charge in [0.05, 0.1) is 5.56 Å². The first-order valence-electron chi connectivity index (χ1n) is 4.25. The van der Waals surface area contributed by atoms with Crippen molar-refractivity contribution in [2.45, 2.75) is 0 Å². The van der Waals surface area contributed by atoms with Gasteiger partial charge in [0.25, 0.3) is 5.91 Å². The number of rotatable bonds is 3. The number of carbonyl (C=O) groups excluding carboxylic acids is 1. The van der Waals surface area contributed by atoms with Gasteiger partial charge in [-0.2, -0.15) is 0 Å². The van der Waals surface area contributed by atoms with Crippen LogP contribution in [0.25, 0.3) is 0 Å². The van der Waals surface area contributed by atoms with E-state index in [2.05, 4.69) is 17.3 Å². The van der Waals surface area contributed by atoms with Crippen molar-refractivity contribution in [3.8, 4) is 0 Å². The Morgan fingerprint density at radius 3 is 3.14 bits per heavy atom. The summed E-state index contributed by atoms with van der Waals surface area (Å²) in [5.41, 5.74) is 3.21. The van der Waals surface area contributed by atoms with E-state index in [-0.39, 0.29) is 5.91 Å². The molecule has 0 unspecified atom stereocenters. The van der Waals surface area contributed by atoms with E-state index in [9.17, 15) is 4.79 Å². The van der Waals surface area contributed by atoms with Crippen molar-refractivity contribution in [2.24, 2.45) is 0 Å². The van der Waals surface area contributed by atoms with Crippen molar-refractivity contribution in [1.82, 2.24) is 9.88 Å². The number of aromatic nitrogens is 1. The van der Waals surface area contributed by atoms with Crippen LogP contribution in [0.4, 0.5) is 0 Å². The van der Waals surface area contributed by atoms with Gasteiger partial charge in [-0.15, -0.1) is 5.73 Å². The second kappa shape index (κ2) is 5.00. The van der Waals surface area contributed by atoms with Gasteiger partial charge in [0.15, 0.2) is 0 Å². The van der Waals surface area contributed by atoms with Crippen LogP contribution in [0.1, 0.15) is 10.4 Å². The molecule has 1 aromatic rings. The second-order valence-electron chi connectivity index (χ2n) is 2.84. The van der Waals surface area contributed by atoms with Gasteiger partial charge in [0, 0.05) is 26.0 Å². The van der Waals surface area contributed by atoms with Gasteiger partial charge in [0.1, 0.15) is 0 Å². The molecule has 0 spiro atoms. The summed E-state index contributed by atoms with van der Waals surface area (Å²) in [4.78, 5) is 17.1. The minimum absolute atomic E-state index is 0.0513. The molecule has 14 heavy (non-hydrogen) atoms. The first kappa shape index (κ1) is 10.2. The zero-order valence-corrected chi connectivity index (χ0v) is 8.10. The lowest BCUT2D eigenvalue weighted by molar-refractivity contribution is 0.0810. The number of amides is 1. The molecule has 3 nitrogen and oxygen atoms in total. The van der Waals surface area contributed by atoms with Crippen LogP contribution < -0.4 is 0 Å². The van der Waals surface area contributed by atoms with E-state index in [4.69, 9.17) is 0 Å². The monoisotopic (exact) mass is 188 g/mol. The molecular formula is C11H12N2O. The summed E-state index contributed by atoms with van der Waals surface area (Å²) in [6, 6.07) is 3.48. The van der Waals surface area contributed by atoms with E-state index in [1.807, 2.05) is 0 Å². The SMILES string of the molecule is C=C=CCN(C)C(=O)c1cccnc1. The largest absolute Gasteiger partial charge is 0.337 e. The zero-order chi connectivity index (χ0) is 10.4. The van der Waals surface area contributed by atoms with Crippen LogP contribution in [-0.4, -0.2) is 29.4 Å². The third-order valence-corrected chi connectivity index (χ3v) is 1.76. The molecule has 1 amide bonds. The van der Waals surface area contributed by atoms with E-state index in [0.717, 1.165) is 0 Å². The zero-order valence-electron chi connectivity index (χ0n) is 8.10. The third kappa shape index (κ3) is 2.57. The van der Waals surface area contributed by atoms with Crippen molar-refractivity contribution in [3.63, 3.8) is 0 Å². The van der Waals surface area contributed by atoms with Crippen molar-refractivity contribution in [3.05, 3.63) is 48.5 Å². The van der Waals surface area contributed by atoms with E-state index >= 15 is 0 Å². The van der Waals surface area contributed by atoms with Crippen molar-refractivity contribution in [1.29, 1.82) is 0 Å². The maximum Gasteiger partial charge on any atom is 0.255 e. The molecule has 0 aliphatic carbocycles. The van der Waals surface area contributed by atoms with Crippen molar-refractivity contribution < 1.29 is 4.79 Å². The molecule has 0 aromatic carbocycles. The number of pyridine rings is 1. The Kier molecular flexibility index (Phi) is 3.65. The van der Waals surface area contributed by atoms with Crippen LogP contribution >= 0.6 is 0 Å². The maximum absolute atomic E-state index is 11.7. The van der Waals surface area contributed by atoms with Gasteiger partial charge in [-0.1, -0.05) is 6.58 Å². The van der Waals surface area contributed by atoms with Gasteiger partial charge in [-0.25, -0.2) is 0 Å². The summed E-state index contributed by atoms with van der Waals surface area (Å²) >= 11 is 0. The smallest absolute Gasteiger partial charge is 0.255 e. The van der Waals surface area contributed by atoms with Crippen LogP contribution in [0.5, 0.6) is 0 Å². The van der Waals surface area contributed by atoms with Crippen molar-refractivity contribution in [2.75, 3.05) is 13.6 Å². The summed E-state index contributed by atoms with van der Waals surface area (Å²) in [7, 11) is 1.73. The fraction of sp³-hybridized carbons (Fsp3) is 0.182. The minimum Gasteiger partial charge on any atom is -0.337 e. The first-order valence-corrected chi connectivity index (χ1v) is 4.25. The molecule has 1 rings (SSSR count). The number of carbonyl (C=O) groups is 1. The number of hydrogen-bond donors (Lipinski definition) is 0. The van der Waals surface area contributed by atoms with E-state index in [1.165, 1.54) is 0 Å². The van der Waals surface area contributed by atoms with Crippen LogP contribution in [0.2, 0.25) is 0 Å². The number of likely N-dealkylation sites (N-methyl/N-ethyl adjacent to an activating group) is 1. The molecule has 3 heteroatoms. The Balaban J connectivity index is 2.70. The Labute approximate surface area is 83.4 Å². The molecule has 0 bridgehead atoms. The molecule has 1 aromatic heterocycles. The number of hydrogen-bond acceptors (Lipinski definition) is 2. The topological polar surface area (TPSA) is 33.2 Å². The van der Waals surface area contributed by atoms with E-state index in [1.54, 1.807) is 42.6 Å². The molecule has 0 radical (unpaired) electrons. The highest BCUT2D eigenvalue weighted by molar-refractivity contribution is 5.93. The van der Waals surface area contributed by atoms with Crippen LogP contribution in [0, 0.1) is 0 Å². The predicted molar refractivity (Wildman–Crippen MR) is 54.9 cm³/mol. The average Bonchev–Trinajstić information content (AvgIpc) is 2.26. The Hall–Kier alpha value is -1.86. The normalized spacial score (nSPS) is 8.93.